The van der Waals surface area contributed by atoms with E-state index in [1.165, 1.54) is 54.7 Å². The fraction of sp³-hybridized carbons (Fsp3) is 0.208. The average Bonchev–Trinajstić information content (AvgIpc) is 3.24. The highest BCUT2D eigenvalue weighted by molar-refractivity contribution is 7.92. The maximum Gasteiger partial charge on any atom is 0.409 e. The first-order chi connectivity index (χ1) is 17.6. The topological polar surface area (TPSA) is 134 Å². The van der Waals surface area contributed by atoms with Crippen LogP contribution >= 0.6 is 11.3 Å². The van der Waals surface area contributed by atoms with Crippen LogP contribution in [0, 0.1) is 5.82 Å². The third-order valence-corrected chi connectivity index (χ3v) is 8.20. The molecule has 0 radical (unpaired) electrons. The lowest BCUT2D eigenvalue weighted by Gasteiger charge is -2.25. The first kappa shape index (κ1) is 26.1. The first-order valence-corrected chi connectivity index (χ1v) is 13.3. The highest BCUT2D eigenvalue weighted by atomic mass is 32.2. The van der Waals surface area contributed by atoms with E-state index in [4.69, 9.17) is 4.74 Å². The number of halogens is 1. The molecule has 13 heteroatoms. The molecule has 0 fully saturated rings. The highest BCUT2D eigenvalue weighted by Gasteiger charge is 2.30. The zero-order chi connectivity index (χ0) is 26.7. The maximum atomic E-state index is 13.2. The second-order valence-electron chi connectivity index (χ2n) is 8.02. The number of benzene rings is 2. The van der Waals surface area contributed by atoms with Crippen molar-refractivity contribution in [1.29, 1.82) is 0 Å². The summed E-state index contributed by atoms with van der Waals surface area (Å²) in [4.78, 5) is 39.8. The van der Waals surface area contributed by atoms with E-state index in [-0.39, 0.29) is 28.6 Å². The molecule has 0 atom stereocenters. The van der Waals surface area contributed by atoms with Crippen molar-refractivity contribution in [3.8, 4) is 0 Å². The van der Waals surface area contributed by atoms with Crippen LogP contribution in [0.5, 0.6) is 0 Å². The molecule has 10 nitrogen and oxygen atoms in total. The summed E-state index contributed by atoms with van der Waals surface area (Å²) in [7, 11) is -1.23. The number of nitrogens with one attached hydrogen (secondary N) is 3. The molecule has 3 amide bonds. The minimum atomic E-state index is -4.01. The Bertz CT molecular complexity index is 1470. The van der Waals surface area contributed by atoms with E-state index in [1.54, 1.807) is 0 Å². The predicted octanol–water partition coefficient (Wildman–Crippen LogP) is 3.42. The number of hydrogen-bond acceptors (Lipinski definition) is 7. The van der Waals surface area contributed by atoms with Gasteiger partial charge in [0.25, 0.3) is 21.8 Å². The third-order valence-electron chi connectivity index (χ3n) is 5.67. The maximum absolute atomic E-state index is 13.2. The van der Waals surface area contributed by atoms with Gasteiger partial charge in [-0.3, -0.25) is 14.3 Å². The molecule has 0 saturated heterocycles. The van der Waals surface area contributed by atoms with Crippen LogP contribution in [0.3, 0.4) is 0 Å². The van der Waals surface area contributed by atoms with Crippen LogP contribution in [0.4, 0.5) is 19.9 Å². The van der Waals surface area contributed by atoms with E-state index in [2.05, 4.69) is 15.4 Å². The molecular formula is C24H23FN4O6S2. The number of thiophene rings is 1. The Labute approximate surface area is 216 Å². The summed E-state index contributed by atoms with van der Waals surface area (Å²) in [5.41, 5.74) is 1.35. The molecule has 1 aliphatic heterocycles. The molecule has 1 aliphatic rings. The lowest BCUT2D eigenvalue weighted by molar-refractivity contribution is 0.0962. The molecule has 0 saturated carbocycles. The number of amides is 3. The molecule has 194 valence electrons. The zero-order valence-corrected chi connectivity index (χ0v) is 21.5. The Balaban J connectivity index is 1.57. The lowest BCUT2D eigenvalue weighted by atomic mass is 10.0. The highest BCUT2D eigenvalue weighted by Crippen LogP contribution is 2.37. The van der Waals surface area contributed by atoms with Crippen molar-refractivity contribution in [1.82, 2.24) is 10.2 Å². The quantitative estimate of drug-likeness (QED) is 0.434. The van der Waals surface area contributed by atoms with Gasteiger partial charge in [-0.15, -0.1) is 11.3 Å². The summed E-state index contributed by atoms with van der Waals surface area (Å²) < 4.78 is 45.6. The second kappa shape index (κ2) is 10.6. The molecule has 0 aliphatic carbocycles. The molecule has 1 aromatic heterocycles. The number of ether oxygens (including phenoxy) is 1. The van der Waals surface area contributed by atoms with Crippen LogP contribution < -0.4 is 15.4 Å². The van der Waals surface area contributed by atoms with Crippen LogP contribution in [0.2, 0.25) is 0 Å². The number of nitrogens with zero attached hydrogens (tertiary/aromatic N) is 1. The summed E-state index contributed by atoms with van der Waals surface area (Å²) in [6.07, 6.45) is -0.0637. The van der Waals surface area contributed by atoms with E-state index in [9.17, 15) is 27.2 Å². The van der Waals surface area contributed by atoms with Gasteiger partial charge in [0.15, 0.2) is 0 Å². The number of fused-ring (bicyclic) bond motifs is 1. The van der Waals surface area contributed by atoms with Gasteiger partial charge < -0.3 is 20.3 Å². The SMILES string of the molecule is CNC(=O)c1c(NC(=O)c2cccc(NS(=O)(=O)c3ccc(F)cc3)c2)sc2c1CCN(C(=O)OC)C2. The Morgan fingerprint density at radius 2 is 1.81 bits per heavy atom. The molecule has 37 heavy (non-hydrogen) atoms. The van der Waals surface area contributed by atoms with Crippen molar-refractivity contribution in [3.63, 3.8) is 0 Å². The second-order valence-corrected chi connectivity index (χ2v) is 10.8. The molecule has 0 spiro atoms. The van der Waals surface area contributed by atoms with Gasteiger partial charge in [0, 0.05) is 29.7 Å². The fourth-order valence-electron chi connectivity index (χ4n) is 3.87. The molecule has 3 N–H and O–H groups in total. The average molecular weight is 547 g/mol. The fourth-order valence-corrected chi connectivity index (χ4v) is 6.17. The number of anilines is 2. The monoisotopic (exact) mass is 546 g/mol. The van der Waals surface area contributed by atoms with E-state index in [0.717, 1.165) is 34.7 Å². The number of rotatable bonds is 6. The predicted molar refractivity (Wildman–Crippen MR) is 136 cm³/mol. The standard InChI is InChI=1S/C24H23FN4O6S2/c1-26-22(31)20-18-10-11-29(24(32)35-2)13-19(18)36-23(20)27-21(30)14-4-3-5-16(12-14)28-37(33,34)17-8-6-15(25)7-9-17/h3-9,12,28H,10-11,13H2,1-2H3,(H,26,31)(H,27,30). The Kier molecular flexibility index (Phi) is 7.45. The smallest absolute Gasteiger partial charge is 0.409 e. The minimum absolute atomic E-state index is 0.127. The van der Waals surface area contributed by atoms with Gasteiger partial charge in [-0.1, -0.05) is 6.07 Å². The van der Waals surface area contributed by atoms with Crippen molar-refractivity contribution in [2.45, 2.75) is 17.9 Å². The summed E-state index contributed by atoms with van der Waals surface area (Å²) >= 11 is 1.19. The van der Waals surface area contributed by atoms with Crippen LogP contribution in [-0.2, 0) is 27.7 Å². The van der Waals surface area contributed by atoms with Crippen LogP contribution in [0.15, 0.2) is 53.4 Å². The molecule has 0 bridgehead atoms. The number of methoxy groups -OCH3 is 1. The van der Waals surface area contributed by atoms with Crippen molar-refractivity contribution in [3.05, 3.63) is 75.9 Å². The first-order valence-electron chi connectivity index (χ1n) is 11.0. The van der Waals surface area contributed by atoms with Crippen molar-refractivity contribution in [2.75, 3.05) is 30.7 Å². The van der Waals surface area contributed by atoms with Crippen molar-refractivity contribution < 1.29 is 31.9 Å². The summed E-state index contributed by atoms with van der Waals surface area (Å²) in [6, 6.07) is 10.2. The van der Waals surface area contributed by atoms with Crippen molar-refractivity contribution >= 4 is 50.0 Å². The lowest BCUT2D eigenvalue weighted by Crippen LogP contribution is -2.35. The minimum Gasteiger partial charge on any atom is -0.453 e. The van der Waals surface area contributed by atoms with E-state index >= 15 is 0 Å². The third kappa shape index (κ3) is 5.57. The number of sulfonamides is 1. The van der Waals surface area contributed by atoms with Crippen LogP contribution in [0.1, 0.15) is 31.2 Å². The summed E-state index contributed by atoms with van der Waals surface area (Å²) in [5, 5.41) is 5.65. The summed E-state index contributed by atoms with van der Waals surface area (Å²) in [5.74, 6) is -1.50. The van der Waals surface area contributed by atoms with Gasteiger partial charge in [0.1, 0.15) is 10.8 Å². The Hall–Kier alpha value is -3.97. The number of carbonyl (C=O) groups is 3. The van der Waals surface area contributed by atoms with Crippen molar-refractivity contribution in [2.24, 2.45) is 0 Å². The van der Waals surface area contributed by atoms with E-state index in [1.807, 2.05) is 0 Å². The van der Waals surface area contributed by atoms with Gasteiger partial charge in [-0.25, -0.2) is 17.6 Å². The van der Waals surface area contributed by atoms with E-state index in [0.29, 0.717) is 23.5 Å². The molecule has 3 aromatic rings. The summed E-state index contributed by atoms with van der Waals surface area (Å²) in [6.45, 7) is 0.608. The van der Waals surface area contributed by atoms with Gasteiger partial charge >= 0.3 is 6.09 Å². The Morgan fingerprint density at radius 1 is 1.08 bits per heavy atom. The van der Waals surface area contributed by atoms with Gasteiger partial charge in [0.05, 0.1) is 24.1 Å². The number of carbonyl (C=O) groups excluding carboxylic acids is 3. The van der Waals surface area contributed by atoms with E-state index < -0.39 is 27.8 Å². The largest absolute Gasteiger partial charge is 0.453 e. The molecule has 0 unspecified atom stereocenters. The zero-order valence-electron chi connectivity index (χ0n) is 19.8. The normalized spacial score (nSPS) is 12.9. The molecule has 2 aromatic carbocycles. The molecule has 4 rings (SSSR count). The van der Waals surface area contributed by atoms with Gasteiger partial charge in [-0.2, -0.15) is 0 Å². The molecular weight excluding hydrogens is 523 g/mol. The Morgan fingerprint density at radius 3 is 2.49 bits per heavy atom. The van der Waals surface area contributed by atoms with Gasteiger partial charge in [-0.05, 0) is 54.4 Å². The van der Waals surface area contributed by atoms with Gasteiger partial charge in [0.2, 0.25) is 0 Å². The van der Waals surface area contributed by atoms with Crippen LogP contribution in [-0.4, -0.2) is 51.9 Å². The molecule has 2 heterocycles. The van der Waals surface area contributed by atoms with Crippen LogP contribution in [0.25, 0.3) is 0 Å². The number of hydrogen-bond donors (Lipinski definition) is 3.